The van der Waals surface area contributed by atoms with Gasteiger partial charge in [-0.2, -0.15) is 0 Å². The summed E-state index contributed by atoms with van der Waals surface area (Å²) in [5, 5.41) is 9.37. The molecule has 0 bridgehead atoms. The quantitative estimate of drug-likeness (QED) is 0.928. The molecular weight excluding hydrogens is 290 g/mol. The highest BCUT2D eigenvalue weighted by Crippen LogP contribution is 2.34. The van der Waals surface area contributed by atoms with E-state index in [4.69, 9.17) is 0 Å². The Morgan fingerprint density at radius 2 is 1.81 bits per heavy atom. The Morgan fingerprint density at radius 1 is 1.24 bits per heavy atom. The molecular formula is C15H21NO4S. The van der Waals surface area contributed by atoms with E-state index < -0.39 is 15.8 Å². The van der Waals surface area contributed by atoms with Crippen molar-refractivity contribution < 1.29 is 18.3 Å². The van der Waals surface area contributed by atoms with E-state index in [0.29, 0.717) is 5.69 Å². The number of carboxylic acid groups (broad SMARTS) is 1. The van der Waals surface area contributed by atoms with E-state index in [1.807, 2.05) is 4.90 Å². The van der Waals surface area contributed by atoms with E-state index in [-0.39, 0.29) is 15.9 Å². The second-order valence-corrected chi connectivity index (χ2v) is 8.42. The maximum Gasteiger partial charge on any atom is 0.337 e. The number of carbonyl (C=O) groups is 1. The van der Waals surface area contributed by atoms with Crippen molar-refractivity contribution in [3.63, 3.8) is 0 Å². The first-order chi connectivity index (χ1) is 9.60. The Hall–Kier alpha value is -1.56. The molecule has 116 valence electrons. The average Bonchev–Trinajstić information content (AvgIpc) is 2.37. The number of aromatic carboxylic acids is 1. The van der Waals surface area contributed by atoms with Gasteiger partial charge in [0.25, 0.3) is 0 Å². The van der Waals surface area contributed by atoms with Gasteiger partial charge in [-0.3, -0.25) is 0 Å². The Labute approximate surface area is 125 Å². The molecule has 1 aliphatic heterocycles. The zero-order chi connectivity index (χ0) is 15.8. The Bertz CT molecular complexity index is 654. The van der Waals surface area contributed by atoms with E-state index in [1.54, 1.807) is 6.07 Å². The molecule has 1 aromatic rings. The fourth-order valence-corrected chi connectivity index (χ4v) is 3.19. The molecule has 0 amide bonds. The predicted molar refractivity (Wildman–Crippen MR) is 81.7 cm³/mol. The molecule has 0 spiro atoms. The summed E-state index contributed by atoms with van der Waals surface area (Å²) in [6.45, 7) is 5.97. The second-order valence-electron chi connectivity index (χ2n) is 6.41. The van der Waals surface area contributed by atoms with E-state index in [1.165, 1.54) is 12.1 Å². The van der Waals surface area contributed by atoms with Gasteiger partial charge in [0.05, 0.1) is 16.1 Å². The Balaban J connectivity index is 2.38. The summed E-state index contributed by atoms with van der Waals surface area (Å²) in [6, 6.07) is 4.35. The number of nitrogens with zero attached hydrogens (tertiary/aromatic N) is 1. The van der Waals surface area contributed by atoms with Crippen LogP contribution in [-0.2, 0) is 9.84 Å². The van der Waals surface area contributed by atoms with Gasteiger partial charge in [-0.1, -0.05) is 13.8 Å². The third-order valence-electron chi connectivity index (χ3n) is 4.08. The standard InChI is InChI=1S/C15H21NO4S/c1-15(2)6-8-16(9-7-15)13-5-4-11(21(3,19)20)10-12(13)14(17)18/h4-5,10H,6-9H2,1-3H3,(H,17,18). The third-order valence-corrected chi connectivity index (χ3v) is 5.19. The topological polar surface area (TPSA) is 74.7 Å². The van der Waals surface area contributed by atoms with Gasteiger partial charge >= 0.3 is 5.97 Å². The molecule has 0 atom stereocenters. The Kier molecular flexibility index (Phi) is 4.02. The first kappa shape index (κ1) is 15.8. The minimum atomic E-state index is -3.41. The van der Waals surface area contributed by atoms with Crippen LogP contribution in [0.25, 0.3) is 0 Å². The van der Waals surface area contributed by atoms with Gasteiger partial charge < -0.3 is 10.0 Å². The van der Waals surface area contributed by atoms with Gasteiger partial charge in [0.1, 0.15) is 0 Å². The number of anilines is 1. The molecule has 21 heavy (non-hydrogen) atoms. The monoisotopic (exact) mass is 311 g/mol. The maximum atomic E-state index is 11.6. The molecule has 5 nitrogen and oxygen atoms in total. The highest BCUT2D eigenvalue weighted by Gasteiger charge is 2.28. The molecule has 1 N–H and O–H groups in total. The number of piperidine rings is 1. The fraction of sp³-hybridized carbons (Fsp3) is 0.533. The van der Waals surface area contributed by atoms with Crippen LogP contribution in [0.3, 0.4) is 0 Å². The number of rotatable bonds is 3. The van der Waals surface area contributed by atoms with Crippen molar-refractivity contribution in [2.75, 3.05) is 24.2 Å². The molecule has 1 aromatic carbocycles. The van der Waals surface area contributed by atoms with Crippen molar-refractivity contribution in [2.45, 2.75) is 31.6 Å². The minimum Gasteiger partial charge on any atom is -0.478 e. The van der Waals surface area contributed by atoms with Crippen LogP contribution < -0.4 is 4.90 Å². The van der Waals surface area contributed by atoms with Crippen molar-refractivity contribution in [3.8, 4) is 0 Å². The summed E-state index contributed by atoms with van der Waals surface area (Å²) in [5.41, 5.74) is 0.926. The summed E-state index contributed by atoms with van der Waals surface area (Å²) in [6.07, 6.45) is 3.05. The van der Waals surface area contributed by atoms with E-state index in [2.05, 4.69) is 13.8 Å². The van der Waals surface area contributed by atoms with Crippen LogP contribution in [0.2, 0.25) is 0 Å². The number of carboxylic acids is 1. The van der Waals surface area contributed by atoms with Gasteiger partial charge in [-0.25, -0.2) is 13.2 Å². The minimum absolute atomic E-state index is 0.0426. The molecule has 0 saturated carbocycles. The van der Waals surface area contributed by atoms with Crippen LogP contribution in [-0.4, -0.2) is 38.8 Å². The third kappa shape index (κ3) is 3.56. The van der Waals surface area contributed by atoms with Crippen LogP contribution in [0.4, 0.5) is 5.69 Å². The lowest BCUT2D eigenvalue weighted by atomic mass is 9.82. The number of sulfone groups is 1. The first-order valence-corrected chi connectivity index (χ1v) is 8.82. The summed E-state index contributed by atoms with van der Waals surface area (Å²) in [4.78, 5) is 13.5. The number of hydrogen-bond acceptors (Lipinski definition) is 4. The SMILES string of the molecule is CC1(C)CCN(c2ccc(S(C)(=O)=O)cc2C(=O)O)CC1. The molecule has 0 aromatic heterocycles. The van der Waals surface area contributed by atoms with Crippen LogP contribution in [0.5, 0.6) is 0 Å². The van der Waals surface area contributed by atoms with Crippen molar-refractivity contribution in [2.24, 2.45) is 5.41 Å². The Morgan fingerprint density at radius 3 is 2.29 bits per heavy atom. The van der Waals surface area contributed by atoms with Crippen molar-refractivity contribution >= 4 is 21.5 Å². The summed E-state index contributed by atoms with van der Waals surface area (Å²) >= 11 is 0. The normalized spacial score (nSPS) is 18.5. The summed E-state index contributed by atoms with van der Waals surface area (Å²) in [5.74, 6) is -1.10. The molecule has 1 saturated heterocycles. The van der Waals surface area contributed by atoms with E-state index >= 15 is 0 Å². The van der Waals surface area contributed by atoms with Gasteiger partial charge in [0.2, 0.25) is 0 Å². The van der Waals surface area contributed by atoms with Crippen molar-refractivity contribution in [1.82, 2.24) is 0 Å². The smallest absolute Gasteiger partial charge is 0.337 e. The average molecular weight is 311 g/mol. The van der Waals surface area contributed by atoms with Crippen LogP contribution in [0.1, 0.15) is 37.0 Å². The van der Waals surface area contributed by atoms with Crippen molar-refractivity contribution in [1.29, 1.82) is 0 Å². The van der Waals surface area contributed by atoms with E-state index in [0.717, 1.165) is 32.2 Å². The molecule has 1 heterocycles. The van der Waals surface area contributed by atoms with Crippen LogP contribution >= 0.6 is 0 Å². The summed E-state index contributed by atoms with van der Waals surface area (Å²) in [7, 11) is -3.41. The van der Waals surface area contributed by atoms with E-state index in [9.17, 15) is 18.3 Å². The lowest BCUT2D eigenvalue weighted by Gasteiger charge is -2.38. The molecule has 1 aliphatic rings. The highest BCUT2D eigenvalue weighted by molar-refractivity contribution is 7.90. The van der Waals surface area contributed by atoms with Crippen molar-refractivity contribution in [3.05, 3.63) is 23.8 Å². The zero-order valence-electron chi connectivity index (χ0n) is 12.6. The number of hydrogen-bond donors (Lipinski definition) is 1. The van der Waals surface area contributed by atoms with Crippen LogP contribution in [0, 0.1) is 5.41 Å². The molecule has 0 radical (unpaired) electrons. The molecule has 0 unspecified atom stereocenters. The molecule has 0 aliphatic carbocycles. The summed E-state index contributed by atoms with van der Waals surface area (Å²) < 4.78 is 23.1. The van der Waals surface area contributed by atoms with Gasteiger partial charge in [-0.15, -0.1) is 0 Å². The predicted octanol–water partition coefficient (Wildman–Crippen LogP) is 2.41. The first-order valence-electron chi connectivity index (χ1n) is 6.92. The second kappa shape index (κ2) is 5.33. The molecule has 6 heteroatoms. The van der Waals surface area contributed by atoms with Crippen LogP contribution in [0.15, 0.2) is 23.1 Å². The lowest BCUT2D eigenvalue weighted by molar-refractivity contribution is 0.0697. The highest BCUT2D eigenvalue weighted by atomic mass is 32.2. The zero-order valence-corrected chi connectivity index (χ0v) is 13.4. The van der Waals surface area contributed by atoms with Gasteiger partial charge in [0.15, 0.2) is 9.84 Å². The fourth-order valence-electron chi connectivity index (χ4n) is 2.55. The lowest BCUT2D eigenvalue weighted by Crippen LogP contribution is -2.38. The molecule has 1 fully saturated rings. The maximum absolute atomic E-state index is 11.6. The largest absolute Gasteiger partial charge is 0.478 e. The molecule has 2 rings (SSSR count). The number of benzene rings is 1. The van der Waals surface area contributed by atoms with Gasteiger partial charge in [0, 0.05) is 19.3 Å². The van der Waals surface area contributed by atoms with Gasteiger partial charge in [-0.05, 0) is 36.5 Å².